The van der Waals surface area contributed by atoms with Crippen molar-refractivity contribution in [2.75, 3.05) is 0 Å². The van der Waals surface area contributed by atoms with Crippen molar-refractivity contribution in [1.82, 2.24) is 5.32 Å². The summed E-state index contributed by atoms with van der Waals surface area (Å²) in [5.41, 5.74) is 0.628. The number of benzene rings is 1. The zero-order valence-electron chi connectivity index (χ0n) is 8.60. The first-order chi connectivity index (χ1) is 7.54. The SMILES string of the molecule is C[C@H](NC(=O)c1cccc(C#N)c1)C(=O)O. The van der Waals surface area contributed by atoms with Crippen molar-refractivity contribution >= 4 is 11.9 Å². The minimum Gasteiger partial charge on any atom is -0.480 e. The van der Waals surface area contributed by atoms with Gasteiger partial charge in [0.1, 0.15) is 6.04 Å². The quantitative estimate of drug-likeness (QED) is 0.783. The number of carbonyl (C=O) groups excluding carboxylic acids is 1. The van der Waals surface area contributed by atoms with Crippen LogP contribution < -0.4 is 5.32 Å². The van der Waals surface area contributed by atoms with Crippen LogP contribution in [0.2, 0.25) is 0 Å². The normalized spacial score (nSPS) is 11.2. The van der Waals surface area contributed by atoms with Crippen LogP contribution in [0.3, 0.4) is 0 Å². The zero-order valence-corrected chi connectivity index (χ0v) is 8.60. The van der Waals surface area contributed by atoms with Gasteiger partial charge in [-0.2, -0.15) is 5.26 Å². The molecule has 0 aliphatic heterocycles. The van der Waals surface area contributed by atoms with Gasteiger partial charge in [0, 0.05) is 5.56 Å². The van der Waals surface area contributed by atoms with E-state index >= 15 is 0 Å². The molecule has 0 bridgehead atoms. The standard InChI is InChI=1S/C11H10N2O3/c1-7(11(15)16)13-10(14)9-4-2-3-8(5-9)6-12/h2-5,7H,1H3,(H,13,14)(H,15,16)/t7-/m0/s1. The molecule has 16 heavy (non-hydrogen) atoms. The van der Waals surface area contributed by atoms with Gasteiger partial charge in [-0.05, 0) is 25.1 Å². The molecule has 1 rings (SSSR count). The monoisotopic (exact) mass is 218 g/mol. The smallest absolute Gasteiger partial charge is 0.325 e. The fourth-order valence-electron chi connectivity index (χ4n) is 1.07. The molecule has 1 aromatic rings. The number of amides is 1. The first-order valence-corrected chi connectivity index (χ1v) is 4.58. The molecule has 0 aliphatic carbocycles. The largest absolute Gasteiger partial charge is 0.480 e. The molecule has 0 radical (unpaired) electrons. The maximum Gasteiger partial charge on any atom is 0.325 e. The molecule has 1 aromatic carbocycles. The molecule has 0 aliphatic rings. The predicted molar refractivity (Wildman–Crippen MR) is 55.7 cm³/mol. The van der Waals surface area contributed by atoms with Crippen molar-refractivity contribution < 1.29 is 14.7 Å². The Balaban J connectivity index is 2.81. The average Bonchev–Trinajstić information content (AvgIpc) is 2.28. The molecular formula is C11H10N2O3. The van der Waals surface area contributed by atoms with Crippen LogP contribution in [0.1, 0.15) is 22.8 Å². The Kier molecular flexibility index (Phi) is 3.62. The van der Waals surface area contributed by atoms with E-state index in [9.17, 15) is 9.59 Å². The van der Waals surface area contributed by atoms with Crippen molar-refractivity contribution in [2.45, 2.75) is 13.0 Å². The molecule has 5 heteroatoms. The number of rotatable bonds is 3. The van der Waals surface area contributed by atoms with E-state index in [2.05, 4.69) is 5.32 Å². The second-order valence-electron chi connectivity index (χ2n) is 3.23. The van der Waals surface area contributed by atoms with Crippen molar-refractivity contribution in [3.05, 3.63) is 35.4 Å². The summed E-state index contributed by atoms with van der Waals surface area (Å²) >= 11 is 0. The van der Waals surface area contributed by atoms with Crippen LogP contribution >= 0.6 is 0 Å². The molecule has 1 amide bonds. The van der Waals surface area contributed by atoms with Gasteiger partial charge in [0.2, 0.25) is 0 Å². The second-order valence-corrected chi connectivity index (χ2v) is 3.23. The van der Waals surface area contributed by atoms with E-state index in [0.717, 1.165) is 0 Å². The molecule has 0 saturated heterocycles. The average molecular weight is 218 g/mol. The van der Waals surface area contributed by atoms with Crippen LogP contribution in [-0.2, 0) is 4.79 Å². The van der Waals surface area contributed by atoms with Crippen molar-refractivity contribution in [3.8, 4) is 6.07 Å². The molecule has 0 saturated carbocycles. The number of aliphatic carboxylic acids is 1. The lowest BCUT2D eigenvalue weighted by molar-refractivity contribution is -0.138. The Morgan fingerprint density at radius 3 is 2.75 bits per heavy atom. The summed E-state index contributed by atoms with van der Waals surface area (Å²) in [6, 6.07) is 7.00. The highest BCUT2D eigenvalue weighted by Gasteiger charge is 2.15. The third kappa shape index (κ3) is 2.82. The van der Waals surface area contributed by atoms with Crippen LogP contribution in [0.15, 0.2) is 24.3 Å². The molecule has 0 spiro atoms. The lowest BCUT2D eigenvalue weighted by atomic mass is 10.1. The highest BCUT2D eigenvalue weighted by Crippen LogP contribution is 2.04. The molecule has 2 N–H and O–H groups in total. The van der Waals surface area contributed by atoms with Gasteiger partial charge >= 0.3 is 5.97 Å². The van der Waals surface area contributed by atoms with Crippen LogP contribution in [0.4, 0.5) is 0 Å². The number of nitrogens with one attached hydrogen (secondary N) is 1. The fourth-order valence-corrected chi connectivity index (χ4v) is 1.07. The van der Waals surface area contributed by atoms with Gasteiger partial charge in [0.05, 0.1) is 11.6 Å². The van der Waals surface area contributed by atoms with E-state index in [4.69, 9.17) is 10.4 Å². The Bertz CT molecular complexity index is 463. The Morgan fingerprint density at radius 2 is 2.19 bits per heavy atom. The number of nitriles is 1. The summed E-state index contributed by atoms with van der Waals surface area (Å²) in [6.07, 6.45) is 0. The van der Waals surface area contributed by atoms with Crippen LogP contribution in [-0.4, -0.2) is 23.0 Å². The van der Waals surface area contributed by atoms with Crippen molar-refractivity contribution in [3.63, 3.8) is 0 Å². The van der Waals surface area contributed by atoms with Crippen LogP contribution in [0.5, 0.6) is 0 Å². The highest BCUT2D eigenvalue weighted by atomic mass is 16.4. The van der Waals surface area contributed by atoms with E-state index in [1.807, 2.05) is 6.07 Å². The minimum atomic E-state index is -1.11. The number of carboxylic acid groups (broad SMARTS) is 1. The number of hydrogen-bond donors (Lipinski definition) is 2. The topological polar surface area (TPSA) is 90.2 Å². The molecule has 0 unspecified atom stereocenters. The molecule has 1 atom stereocenters. The molecule has 0 aromatic heterocycles. The summed E-state index contributed by atoms with van der Waals surface area (Å²) < 4.78 is 0. The van der Waals surface area contributed by atoms with E-state index in [1.165, 1.54) is 19.1 Å². The first kappa shape index (κ1) is 11.7. The Morgan fingerprint density at radius 1 is 1.50 bits per heavy atom. The molecular weight excluding hydrogens is 208 g/mol. The highest BCUT2D eigenvalue weighted by molar-refractivity contribution is 5.96. The summed E-state index contributed by atoms with van der Waals surface area (Å²) in [4.78, 5) is 22.1. The summed E-state index contributed by atoms with van der Waals surface area (Å²) in [7, 11) is 0. The molecule has 0 heterocycles. The molecule has 82 valence electrons. The number of nitrogens with zero attached hydrogens (tertiary/aromatic N) is 1. The number of hydrogen-bond acceptors (Lipinski definition) is 3. The predicted octanol–water partition coefficient (Wildman–Crippen LogP) is 0.761. The van der Waals surface area contributed by atoms with E-state index in [0.29, 0.717) is 5.56 Å². The van der Waals surface area contributed by atoms with Gasteiger partial charge < -0.3 is 10.4 Å². The molecule has 5 nitrogen and oxygen atoms in total. The summed E-state index contributed by atoms with van der Waals surface area (Å²) in [6.45, 7) is 1.37. The van der Waals surface area contributed by atoms with Gasteiger partial charge in [-0.1, -0.05) is 6.07 Å². The lowest BCUT2D eigenvalue weighted by Gasteiger charge is -2.08. The summed E-state index contributed by atoms with van der Waals surface area (Å²) in [5, 5.41) is 19.5. The van der Waals surface area contributed by atoms with Crippen LogP contribution in [0.25, 0.3) is 0 Å². The Hall–Kier alpha value is -2.35. The zero-order chi connectivity index (χ0) is 12.1. The Labute approximate surface area is 92.3 Å². The van der Waals surface area contributed by atoms with Gasteiger partial charge in [0.25, 0.3) is 5.91 Å². The summed E-state index contributed by atoms with van der Waals surface area (Å²) in [5.74, 6) is -1.61. The maximum absolute atomic E-state index is 11.5. The van der Waals surface area contributed by atoms with Crippen LogP contribution in [0, 0.1) is 11.3 Å². The first-order valence-electron chi connectivity index (χ1n) is 4.58. The third-order valence-corrected chi connectivity index (χ3v) is 1.97. The third-order valence-electron chi connectivity index (χ3n) is 1.97. The fraction of sp³-hybridized carbons (Fsp3) is 0.182. The lowest BCUT2D eigenvalue weighted by Crippen LogP contribution is -2.38. The molecule has 0 fully saturated rings. The van der Waals surface area contributed by atoms with E-state index < -0.39 is 17.9 Å². The van der Waals surface area contributed by atoms with Gasteiger partial charge in [-0.15, -0.1) is 0 Å². The number of carboxylic acids is 1. The maximum atomic E-state index is 11.5. The number of carbonyl (C=O) groups is 2. The van der Waals surface area contributed by atoms with Crippen molar-refractivity contribution in [2.24, 2.45) is 0 Å². The van der Waals surface area contributed by atoms with Gasteiger partial charge in [-0.25, -0.2) is 0 Å². The van der Waals surface area contributed by atoms with Gasteiger partial charge in [-0.3, -0.25) is 9.59 Å². The minimum absolute atomic E-state index is 0.271. The second kappa shape index (κ2) is 4.94. The van der Waals surface area contributed by atoms with Gasteiger partial charge in [0.15, 0.2) is 0 Å². The van der Waals surface area contributed by atoms with E-state index in [-0.39, 0.29) is 5.56 Å². The van der Waals surface area contributed by atoms with E-state index in [1.54, 1.807) is 12.1 Å². The van der Waals surface area contributed by atoms with Crippen molar-refractivity contribution in [1.29, 1.82) is 5.26 Å².